The first-order chi connectivity index (χ1) is 12.9. The molecule has 1 fully saturated rings. The minimum atomic E-state index is -3.47. The molecule has 0 spiro atoms. The molecule has 3 rings (SSSR count). The van der Waals surface area contributed by atoms with Crippen LogP contribution in [0.4, 0.5) is 17.1 Å². The summed E-state index contributed by atoms with van der Waals surface area (Å²) in [5, 5.41) is 16.9. The van der Waals surface area contributed by atoms with Gasteiger partial charge in [0, 0.05) is 24.8 Å². The van der Waals surface area contributed by atoms with Crippen LogP contribution in [0.5, 0.6) is 0 Å². The average molecular weight is 406 g/mol. The molecule has 8 nitrogen and oxygen atoms in total. The van der Waals surface area contributed by atoms with Gasteiger partial charge in [-0.05, 0) is 55.4 Å². The minimum Gasteiger partial charge on any atom is -0.332 e. The molecule has 1 saturated heterocycles. The predicted octanol–water partition coefficient (Wildman–Crippen LogP) is 3.19. The highest BCUT2D eigenvalue weighted by molar-refractivity contribution is 7.89. The van der Waals surface area contributed by atoms with Crippen LogP contribution in [0.25, 0.3) is 0 Å². The monoisotopic (exact) mass is 406 g/mol. The van der Waals surface area contributed by atoms with Crippen molar-refractivity contribution in [2.45, 2.75) is 17.7 Å². The summed E-state index contributed by atoms with van der Waals surface area (Å²) in [6, 6.07) is 12.4. The number of benzene rings is 2. The van der Waals surface area contributed by atoms with Crippen molar-refractivity contribution in [2.75, 3.05) is 23.7 Å². The lowest BCUT2D eigenvalue weighted by Gasteiger charge is -2.16. The lowest BCUT2D eigenvalue weighted by atomic mass is 10.3. The van der Waals surface area contributed by atoms with Gasteiger partial charge in [0.15, 0.2) is 5.11 Å². The summed E-state index contributed by atoms with van der Waals surface area (Å²) < 4.78 is 26.5. The SMILES string of the molecule is O=[N+]([O-])c1ccccc1NC(=S)Nc1ccc(S(=O)(=O)N2CCCC2)cc1. The van der Waals surface area contributed by atoms with Gasteiger partial charge in [0.1, 0.15) is 5.69 Å². The molecular weight excluding hydrogens is 388 g/mol. The van der Waals surface area contributed by atoms with E-state index < -0.39 is 14.9 Å². The molecule has 2 N–H and O–H groups in total. The van der Waals surface area contributed by atoms with E-state index >= 15 is 0 Å². The number of hydrogen-bond donors (Lipinski definition) is 2. The normalized spacial score (nSPS) is 14.7. The predicted molar refractivity (Wildman–Crippen MR) is 107 cm³/mol. The molecule has 2 aromatic carbocycles. The van der Waals surface area contributed by atoms with Gasteiger partial charge < -0.3 is 10.6 Å². The maximum atomic E-state index is 12.5. The summed E-state index contributed by atoms with van der Waals surface area (Å²) >= 11 is 5.19. The smallest absolute Gasteiger partial charge is 0.292 e. The molecule has 10 heteroatoms. The molecule has 2 aromatic rings. The van der Waals surface area contributed by atoms with Crippen molar-refractivity contribution in [3.63, 3.8) is 0 Å². The molecule has 27 heavy (non-hydrogen) atoms. The van der Waals surface area contributed by atoms with Crippen molar-refractivity contribution in [1.82, 2.24) is 4.31 Å². The van der Waals surface area contributed by atoms with E-state index in [1.165, 1.54) is 22.5 Å². The fourth-order valence-electron chi connectivity index (χ4n) is 2.81. The van der Waals surface area contributed by atoms with Crippen molar-refractivity contribution in [2.24, 2.45) is 0 Å². The lowest BCUT2D eigenvalue weighted by Crippen LogP contribution is -2.27. The van der Waals surface area contributed by atoms with Gasteiger partial charge in [-0.1, -0.05) is 12.1 Å². The van der Waals surface area contributed by atoms with E-state index in [-0.39, 0.29) is 21.4 Å². The number of hydrogen-bond acceptors (Lipinski definition) is 5. The molecule has 1 aliphatic rings. The molecule has 0 radical (unpaired) electrons. The standard InChI is InChI=1S/C17H18N4O4S2/c22-21(23)16-6-2-1-5-15(16)19-17(26)18-13-7-9-14(10-8-13)27(24,25)20-11-3-4-12-20/h1-2,5-10H,3-4,11-12H2,(H2,18,19,26). The summed E-state index contributed by atoms with van der Waals surface area (Å²) in [6.45, 7) is 1.10. The van der Waals surface area contributed by atoms with Crippen LogP contribution >= 0.6 is 12.2 Å². The van der Waals surface area contributed by atoms with Gasteiger partial charge in [-0.25, -0.2) is 8.42 Å². The van der Waals surface area contributed by atoms with E-state index in [1.54, 1.807) is 30.3 Å². The maximum absolute atomic E-state index is 12.5. The van der Waals surface area contributed by atoms with Gasteiger partial charge in [-0.15, -0.1) is 0 Å². The van der Waals surface area contributed by atoms with E-state index in [4.69, 9.17) is 12.2 Å². The molecular formula is C17H18N4O4S2. The van der Waals surface area contributed by atoms with Crippen molar-refractivity contribution >= 4 is 44.4 Å². The van der Waals surface area contributed by atoms with Gasteiger partial charge in [0.05, 0.1) is 9.82 Å². The molecule has 0 unspecified atom stereocenters. The quantitative estimate of drug-likeness (QED) is 0.446. The zero-order chi connectivity index (χ0) is 19.4. The van der Waals surface area contributed by atoms with E-state index in [0.29, 0.717) is 18.8 Å². The van der Waals surface area contributed by atoms with Crippen LogP contribution in [0.15, 0.2) is 53.4 Å². The highest BCUT2D eigenvalue weighted by atomic mass is 32.2. The molecule has 0 amide bonds. The molecule has 0 aromatic heterocycles. The van der Waals surface area contributed by atoms with E-state index in [2.05, 4.69) is 10.6 Å². The van der Waals surface area contributed by atoms with Crippen LogP contribution in [0.2, 0.25) is 0 Å². The van der Waals surface area contributed by atoms with E-state index in [9.17, 15) is 18.5 Å². The number of nitrogens with zero attached hydrogens (tertiary/aromatic N) is 2. The molecule has 1 aliphatic heterocycles. The first-order valence-corrected chi connectivity index (χ1v) is 10.1. The van der Waals surface area contributed by atoms with E-state index in [1.807, 2.05) is 0 Å². The third kappa shape index (κ3) is 4.41. The Bertz CT molecular complexity index is 955. The number of thiocarbonyl (C=S) groups is 1. The maximum Gasteiger partial charge on any atom is 0.292 e. The number of sulfonamides is 1. The number of nitro benzene ring substituents is 1. The Hall–Kier alpha value is -2.56. The first kappa shape index (κ1) is 19.2. The molecule has 142 valence electrons. The number of rotatable bonds is 5. The fraction of sp³-hybridized carbons (Fsp3) is 0.235. The molecule has 0 aliphatic carbocycles. The summed E-state index contributed by atoms with van der Waals surface area (Å²) in [5.74, 6) is 0. The average Bonchev–Trinajstić information content (AvgIpc) is 3.18. The molecule has 0 saturated carbocycles. The van der Waals surface area contributed by atoms with Crippen LogP contribution < -0.4 is 10.6 Å². The Kier molecular flexibility index (Phi) is 5.68. The van der Waals surface area contributed by atoms with E-state index in [0.717, 1.165) is 12.8 Å². The zero-order valence-corrected chi connectivity index (χ0v) is 15.9. The molecule has 1 heterocycles. The number of nitro groups is 1. The first-order valence-electron chi connectivity index (χ1n) is 8.29. The van der Waals surface area contributed by atoms with Crippen LogP contribution in [0.1, 0.15) is 12.8 Å². The highest BCUT2D eigenvalue weighted by Gasteiger charge is 2.26. The van der Waals surface area contributed by atoms with Gasteiger partial charge in [0.2, 0.25) is 10.0 Å². The van der Waals surface area contributed by atoms with Gasteiger partial charge in [0.25, 0.3) is 5.69 Å². The highest BCUT2D eigenvalue weighted by Crippen LogP contribution is 2.24. The van der Waals surface area contributed by atoms with Crippen LogP contribution in [-0.4, -0.2) is 35.8 Å². The Labute approximate surface area is 162 Å². The number of para-hydroxylation sites is 2. The van der Waals surface area contributed by atoms with Crippen LogP contribution in [0, 0.1) is 10.1 Å². The van der Waals surface area contributed by atoms with Gasteiger partial charge in [-0.2, -0.15) is 4.31 Å². The third-order valence-electron chi connectivity index (χ3n) is 4.16. The number of anilines is 2. The Morgan fingerprint density at radius 1 is 1.04 bits per heavy atom. The van der Waals surface area contributed by atoms with Gasteiger partial charge >= 0.3 is 0 Å². The minimum absolute atomic E-state index is 0.0892. The van der Waals surface area contributed by atoms with Crippen molar-refractivity contribution in [1.29, 1.82) is 0 Å². The topological polar surface area (TPSA) is 105 Å². The third-order valence-corrected chi connectivity index (χ3v) is 6.28. The summed E-state index contributed by atoms with van der Waals surface area (Å²) in [4.78, 5) is 10.8. The van der Waals surface area contributed by atoms with Crippen molar-refractivity contribution in [3.8, 4) is 0 Å². The number of nitrogens with one attached hydrogen (secondary N) is 2. The van der Waals surface area contributed by atoms with Crippen LogP contribution in [0.3, 0.4) is 0 Å². The lowest BCUT2D eigenvalue weighted by molar-refractivity contribution is -0.383. The van der Waals surface area contributed by atoms with Gasteiger partial charge in [-0.3, -0.25) is 10.1 Å². The van der Waals surface area contributed by atoms with Crippen molar-refractivity contribution < 1.29 is 13.3 Å². The molecule has 0 bridgehead atoms. The summed E-state index contributed by atoms with van der Waals surface area (Å²) in [6.07, 6.45) is 1.76. The Balaban J connectivity index is 1.68. The zero-order valence-electron chi connectivity index (χ0n) is 14.3. The van der Waals surface area contributed by atoms with Crippen molar-refractivity contribution in [3.05, 3.63) is 58.6 Å². The second kappa shape index (κ2) is 7.99. The second-order valence-electron chi connectivity index (χ2n) is 5.99. The largest absolute Gasteiger partial charge is 0.332 e. The summed E-state index contributed by atoms with van der Waals surface area (Å²) in [5.41, 5.74) is 0.758. The fourth-order valence-corrected chi connectivity index (χ4v) is 4.56. The molecule has 0 atom stereocenters. The summed E-state index contributed by atoms with van der Waals surface area (Å²) in [7, 11) is -3.47. The van der Waals surface area contributed by atoms with Crippen LogP contribution in [-0.2, 0) is 10.0 Å². The second-order valence-corrected chi connectivity index (χ2v) is 8.34. The Morgan fingerprint density at radius 3 is 2.30 bits per heavy atom. The Morgan fingerprint density at radius 2 is 1.67 bits per heavy atom.